The summed E-state index contributed by atoms with van der Waals surface area (Å²) in [7, 11) is -3.38. The van der Waals surface area contributed by atoms with Crippen LogP contribution in [0.15, 0.2) is 27.6 Å². The second kappa shape index (κ2) is 6.57. The van der Waals surface area contributed by atoms with Gasteiger partial charge in [-0.25, -0.2) is 8.42 Å². The van der Waals surface area contributed by atoms with Crippen LogP contribution in [-0.4, -0.2) is 62.9 Å². The number of hydrogen-bond acceptors (Lipinski definition) is 4. The van der Waals surface area contributed by atoms with Crippen LogP contribution in [0.3, 0.4) is 0 Å². The average Bonchev–Trinajstić information content (AvgIpc) is 3.04. The standard InChI is InChI=1S/C15H22BrN3O2S/c1-12-10-14(2-3-15(12)16)22(20,21)19-8-6-18(7-9-19)13-4-5-17-11-13/h2-3,10,13,17H,4-9,11H2,1H3. The molecule has 2 aliphatic heterocycles. The van der Waals surface area contributed by atoms with E-state index < -0.39 is 10.0 Å². The van der Waals surface area contributed by atoms with Crippen LogP contribution in [0.4, 0.5) is 0 Å². The van der Waals surface area contributed by atoms with Crippen molar-refractivity contribution in [2.45, 2.75) is 24.3 Å². The summed E-state index contributed by atoms with van der Waals surface area (Å²) in [5, 5.41) is 3.37. The first-order valence-electron chi connectivity index (χ1n) is 7.69. The number of sulfonamides is 1. The predicted molar refractivity (Wildman–Crippen MR) is 90.5 cm³/mol. The normalized spacial score (nSPS) is 24.7. The van der Waals surface area contributed by atoms with Crippen molar-refractivity contribution >= 4 is 26.0 Å². The number of piperazine rings is 1. The summed E-state index contributed by atoms with van der Waals surface area (Å²) < 4.78 is 28.1. The van der Waals surface area contributed by atoms with E-state index in [2.05, 4.69) is 26.1 Å². The van der Waals surface area contributed by atoms with Crippen LogP contribution in [0.2, 0.25) is 0 Å². The topological polar surface area (TPSA) is 52.7 Å². The van der Waals surface area contributed by atoms with Gasteiger partial charge in [-0.15, -0.1) is 0 Å². The molecule has 2 fully saturated rings. The SMILES string of the molecule is Cc1cc(S(=O)(=O)N2CCN(C3CCNC3)CC2)ccc1Br. The molecule has 5 nitrogen and oxygen atoms in total. The van der Waals surface area contributed by atoms with Crippen molar-refractivity contribution in [1.82, 2.24) is 14.5 Å². The van der Waals surface area contributed by atoms with Crippen LogP contribution in [0.5, 0.6) is 0 Å². The van der Waals surface area contributed by atoms with Crippen molar-refractivity contribution in [2.75, 3.05) is 39.3 Å². The zero-order chi connectivity index (χ0) is 15.7. The summed E-state index contributed by atoms with van der Waals surface area (Å²) in [5.74, 6) is 0. The second-order valence-corrected chi connectivity index (χ2v) is 8.79. The summed E-state index contributed by atoms with van der Waals surface area (Å²) >= 11 is 3.42. The maximum Gasteiger partial charge on any atom is 0.243 e. The zero-order valence-electron chi connectivity index (χ0n) is 12.8. The molecule has 2 saturated heterocycles. The Morgan fingerprint density at radius 2 is 1.95 bits per heavy atom. The van der Waals surface area contributed by atoms with Crippen molar-refractivity contribution in [3.8, 4) is 0 Å². The Hall–Kier alpha value is -0.470. The summed E-state index contributed by atoms with van der Waals surface area (Å²) in [6.07, 6.45) is 1.17. The van der Waals surface area contributed by atoms with Gasteiger partial charge in [0.15, 0.2) is 0 Å². The van der Waals surface area contributed by atoms with Gasteiger partial charge >= 0.3 is 0 Å². The smallest absolute Gasteiger partial charge is 0.243 e. The van der Waals surface area contributed by atoms with Gasteiger partial charge in [0.05, 0.1) is 4.90 Å². The Morgan fingerprint density at radius 1 is 1.23 bits per heavy atom. The van der Waals surface area contributed by atoms with Gasteiger partial charge in [-0.05, 0) is 43.7 Å². The highest BCUT2D eigenvalue weighted by Crippen LogP contribution is 2.24. The van der Waals surface area contributed by atoms with Gasteiger partial charge in [-0.3, -0.25) is 4.90 Å². The van der Waals surface area contributed by atoms with E-state index in [1.807, 2.05) is 13.0 Å². The number of halogens is 1. The molecule has 0 saturated carbocycles. The number of rotatable bonds is 3. The fraction of sp³-hybridized carbons (Fsp3) is 0.600. The molecule has 1 unspecified atom stereocenters. The monoisotopic (exact) mass is 387 g/mol. The lowest BCUT2D eigenvalue weighted by Crippen LogP contribution is -2.52. The molecule has 0 aromatic heterocycles. The molecule has 3 rings (SSSR count). The van der Waals surface area contributed by atoms with E-state index in [1.54, 1.807) is 16.4 Å². The minimum atomic E-state index is -3.38. The summed E-state index contributed by atoms with van der Waals surface area (Å²) in [5.41, 5.74) is 0.941. The molecule has 1 aromatic rings. The molecule has 0 radical (unpaired) electrons. The van der Waals surface area contributed by atoms with Crippen LogP contribution < -0.4 is 5.32 Å². The largest absolute Gasteiger partial charge is 0.315 e. The van der Waals surface area contributed by atoms with Gasteiger partial charge < -0.3 is 5.32 Å². The van der Waals surface area contributed by atoms with Crippen molar-refractivity contribution in [3.05, 3.63) is 28.2 Å². The summed E-state index contributed by atoms with van der Waals surface area (Å²) in [6, 6.07) is 5.80. The number of hydrogen-bond donors (Lipinski definition) is 1. The van der Waals surface area contributed by atoms with E-state index in [1.165, 1.54) is 6.42 Å². The first kappa shape index (κ1) is 16.4. The number of nitrogens with zero attached hydrogens (tertiary/aromatic N) is 2. The molecule has 0 spiro atoms. The van der Waals surface area contributed by atoms with Gasteiger partial charge in [-0.2, -0.15) is 4.31 Å². The first-order valence-corrected chi connectivity index (χ1v) is 9.93. The number of aryl methyl sites for hydroxylation is 1. The summed E-state index contributed by atoms with van der Waals surface area (Å²) in [6.45, 7) is 6.80. The van der Waals surface area contributed by atoms with Gasteiger partial charge in [-0.1, -0.05) is 15.9 Å². The van der Waals surface area contributed by atoms with Gasteiger partial charge in [0.2, 0.25) is 10.0 Å². The molecule has 7 heteroatoms. The molecular weight excluding hydrogens is 366 g/mol. The molecule has 1 N–H and O–H groups in total. The molecule has 0 aliphatic carbocycles. The lowest BCUT2D eigenvalue weighted by atomic mass is 10.2. The van der Waals surface area contributed by atoms with Crippen LogP contribution in [0.1, 0.15) is 12.0 Å². The van der Waals surface area contributed by atoms with Crippen molar-refractivity contribution in [2.24, 2.45) is 0 Å². The third-order valence-corrected chi connectivity index (χ3v) is 7.38. The highest BCUT2D eigenvalue weighted by atomic mass is 79.9. The van der Waals surface area contributed by atoms with Gasteiger partial charge in [0.1, 0.15) is 0 Å². The van der Waals surface area contributed by atoms with Crippen molar-refractivity contribution < 1.29 is 8.42 Å². The minimum Gasteiger partial charge on any atom is -0.315 e. The molecule has 2 heterocycles. The molecule has 1 aromatic carbocycles. The minimum absolute atomic E-state index is 0.393. The molecule has 2 aliphatic rings. The van der Waals surface area contributed by atoms with Crippen LogP contribution >= 0.6 is 15.9 Å². The summed E-state index contributed by atoms with van der Waals surface area (Å²) in [4.78, 5) is 2.81. The molecular formula is C15H22BrN3O2S. The van der Waals surface area contributed by atoms with Gasteiger partial charge in [0, 0.05) is 43.2 Å². The lowest BCUT2D eigenvalue weighted by molar-refractivity contribution is 0.145. The Balaban J connectivity index is 1.70. The average molecular weight is 388 g/mol. The van der Waals surface area contributed by atoms with Gasteiger partial charge in [0.25, 0.3) is 0 Å². The molecule has 1 atom stereocenters. The third kappa shape index (κ3) is 3.23. The van der Waals surface area contributed by atoms with E-state index in [-0.39, 0.29) is 0 Å². The van der Waals surface area contributed by atoms with E-state index in [0.29, 0.717) is 24.0 Å². The number of nitrogens with one attached hydrogen (secondary N) is 1. The third-order valence-electron chi connectivity index (χ3n) is 4.59. The molecule has 122 valence electrons. The first-order chi connectivity index (χ1) is 10.5. The van der Waals surface area contributed by atoms with E-state index in [9.17, 15) is 8.42 Å². The highest BCUT2D eigenvalue weighted by molar-refractivity contribution is 9.10. The maximum absolute atomic E-state index is 12.8. The van der Waals surface area contributed by atoms with Crippen LogP contribution in [0, 0.1) is 6.92 Å². The van der Waals surface area contributed by atoms with Crippen molar-refractivity contribution in [3.63, 3.8) is 0 Å². The lowest BCUT2D eigenvalue weighted by Gasteiger charge is -2.37. The fourth-order valence-corrected chi connectivity index (χ4v) is 4.94. The Kier molecular flexibility index (Phi) is 4.89. The maximum atomic E-state index is 12.8. The van der Waals surface area contributed by atoms with Crippen molar-refractivity contribution in [1.29, 1.82) is 0 Å². The van der Waals surface area contributed by atoms with E-state index in [4.69, 9.17) is 0 Å². The van der Waals surface area contributed by atoms with E-state index >= 15 is 0 Å². The number of benzene rings is 1. The second-order valence-electron chi connectivity index (χ2n) is 6.00. The Morgan fingerprint density at radius 3 is 2.55 bits per heavy atom. The van der Waals surface area contributed by atoms with E-state index in [0.717, 1.165) is 36.2 Å². The molecule has 22 heavy (non-hydrogen) atoms. The Bertz CT molecular complexity index is 636. The fourth-order valence-electron chi connectivity index (χ4n) is 3.19. The molecule has 0 amide bonds. The highest BCUT2D eigenvalue weighted by Gasteiger charge is 2.31. The Labute approximate surface area is 140 Å². The molecule has 0 bridgehead atoms. The quantitative estimate of drug-likeness (QED) is 0.851. The predicted octanol–water partition coefficient (Wildman–Crippen LogP) is 1.43. The zero-order valence-corrected chi connectivity index (χ0v) is 15.2. The van der Waals surface area contributed by atoms with Crippen LogP contribution in [0.25, 0.3) is 0 Å². The van der Waals surface area contributed by atoms with Crippen LogP contribution in [-0.2, 0) is 10.0 Å².